The highest BCUT2D eigenvalue weighted by Crippen LogP contribution is 2.42. The van der Waals surface area contributed by atoms with Crippen molar-refractivity contribution in [1.82, 2.24) is 4.90 Å². The molecule has 0 aromatic heterocycles. The molecule has 2 aromatic carbocycles. The molecule has 0 radical (unpaired) electrons. The van der Waals surface area contributed by atoms with E-state index in [-0.39, 0.29) is 11.3 Å². The Balaban J connectivity index is 2.23. The molecule has 1 unspecified atom stereocenters. The molecule has 29 heavy (non-hydrogen) atoms. The van der Waals surface area contributed by atoms with E-state index in [1.807, 2.05) is 32.0 Å². The zero-order valence-electron chi connectivity index (χ0n) is 17.1. The van der Waals surface area contributed by atoms with Crippen LogP contribution in [0.3, 0.4) is 0 Å². The predicted octanol–water partition coefficient (Wildman–Crippen LogP) is 3.84. The number of methoxy groups -OCH3 is 2. The smallest absolute Gasteiger partial charge is 0.295 e. The number of aliphatic hydroxyl groups excluding tert-OH is 1. The number of hydrogen-bond acceptors (Lipinski definition) is 5. The Bertz CT molecular complexity index is 979. The van der Waals surface area contributed by atoms with Crippen LogP contribution in [0, 0.1) is 6.92 Å². The molecule has 1 fully saturated rings. The third kappa shape index (κ3) is 3.58. The molecule has 1 amide bonds. The largest absolute Gasteiger partial charge is 0.507 e. The summed E-state index contributed by atoms with van der Waals surface area (Å²) in [5, 5.41) is 11.1. The van der Waals surface area contributed by atoms with Crippen molar-refractivity contribution in [2.45, 2.75) is 26.3 Å². The van der Waals surface area contributed by atoms with Gasteiger partial charge in [0.15, 0.2) is 0 Å². The standard InChI is InChI=1S/C23H25NO5/c1-5-12-24-20(16-8-6-7-9-18(16)29-4)19(22(26)23(24)27)21(25)15-10-11-17(28-3)14(2)13-15/h6-11,13,20,25H,5,12H2,1-4H3/b21-19+. The van der Waals surface area contributed by atoms with E-state index in [2.05, 4.69) is 0 Å². The second-order valence-electron chi connectivity index (χ2n) is 6.92. The summed E-state index contributed by atoms with van der Waals surface area (Å²) >= 11 is 0. The molecule has 0 saturated carbocycles. The number of Topliss-reactive ketones (excluding diaryl/α,β-unsaturated/α-hetero) is 1. The van der Waals surface area contributed by atoms with Crippen molar-refractivity contribution < 1.29 is 24.2 Å². The lowest BCUT2D eigenvalue weighted by Crippen LogP contribution is -2.30. The van der Waals surface area contributed by atoms with Gasteiger partial charge in [0.25, 0.3) is 11.7 Å². The van der Waals surface area contributed by atoms with Crippen molar-refractivity contribution in [1.29, 1.82) is 0 Å². The number of ether oxygens (including phenoxy) is 2. The van der Waals surface area contributed by atoms with Gasteiger partial charge >= 0.3 is 0 Å². The van der Waals surface area contributed by atoms with Crippen molar-refractivity contribution in [3.8, 4) is 11.5 Å². The molecular formula is C23H25NO5. The quantitative estimate of drug-likeness (QED) is 0.457. The summed E-state index contributed by atoms with van der Waals surface area (Å²) in [4.78, 5) is 27.2. The fourth-order valence-corrected chi connectivity index (χ4v) is 3.75. The normalized spacial score (nSPS) is 18.2. The van der Waals surface area contributed by atoms with Gasteiger partial charge in [-0.15, -0.1) is 0 Å². The number of benzene rings is 2. The van der Waals surface area contributed by atoms with Crippen molar-refractivity contribution in [3.05, 3.63) is 64.7 Å². The molecule has 1 heterocycles. The first-order valence-corrected chi connectivity index (χ1v) is 9.50. The Morgan fingerprint density at radius 1 is 1.07 bits per heavy atom. The molecule has 1 atom stereocenters. The van der Waals surface area contributed by atoms with E-state index < -0.39 is 17.7 Å². The first kappa shape index (κ1) is 20.5. The lowest BCUT2D eigenvalue weighted by Gasteiger charge is -2.26. The van der Waals surface area contributed by atoms with Gasteiger partial charge in [0.05, 0.1) is 25.8 Å². The van der Waals surface area contributed by atoms with E-state index in [1.54, 1.807) is 31.4 Å². The van der Waals surface area contributed by atoms with Crippen LogP contribution in [0.5, 0.6) is 11.5 Å². The van der Waals surface area contributed by atoms with Crippen molar-refractivity contribution in [2.75, 3.05) is 20.8 Å². The maximum Gasteiger partial charge on any atom is 0.295 e. The number of carbonyl (C=O) groups excluding carboxylic acids is 2. The topological polar surface area (TPSA) is 76.1 Å². The predicted molar refractivity (Wildman–Crippen MR) is 110 cm³/mol. The highest BCUT2D eigenvalue weighted by molar-refractivity contribution is 6.46. The summed E-state index contributed by atoms with van der Waals surface area (Å²) in [6.45, 7) is 4.18. The van der Waals surface area contributed by atoms with Crippen molar-refractivity contribution in [3.63, 3.8) is 0 Å². The van der Waals surface area contributed by atoms with Gasteiger partial charge in [-0.3, -0.25) is 9.59 Å². The summed E-state index contributed by atoms with van der Waals surface area (Å²) in [6, 6.07) is 11.7. The number of nitrogens with zero attached hydrogens (tertiary/aromatic N) is 1. The summed E-state index contributed by atoms with van der Waals surface area (Å²) in [6.07, 6.45) is 0.681. The second kappa shape index (κ2) is 8.39. The zero-order chi connectivity index (χ0) is 21.1. The molecule has 0 spiro atoms. The van der Waals surface area contributed by atoms with Gasteiger partial charge < -0.3 is 19.5 Å². The van der Waals surface area contributed by atoms with E-state index in [0.717, 1.165) is 5.56 Å². The van der Waals surface area contributed by atoms with E-state index in [4.69, 9.17) is 9.47 Å². The molecule has 2 aromatic rings. The minimum absolute atomic E-state index is 0.0671. The van der Waals surface area contributed by atoms with E-state index in [1.165, 1.54) is 12.0 Å². The number of rotatable bonds is 6. The molecule has 0 bridgehead atoms. The first-order valence-electron chi connectivity index (χ1n) is 9.50. The van der Waals surface area contributed by atoms with Gasteiger partial charge in [0.2, 0.25) is 0 Å². The molecule has 1 aliphatic heterocycles. The molecule has 1 N–H and O–H groups in total. The van der Waals surface area contributed by atoms with Crippen molar-refractivity contribution >= 4 is 17.4 Å². The molecule has 6 nitrogen and oxygen atoms in total. The van der Waals surface area contributed by atoms with Crippen LogP contribution in [-0.2, 0) is 9.59 Å². The zero-order valence-corrected chi connectivity index (χ0v) is 17.1. The fraction of sp³-hybridized carbons (Fsp3) is 0.304. The Kier molecular flexibility index (Phi) is 5.92. The highest BCUT2D eigenvalue weighted by atomic mass is 16.5. The summed E-state index contributed by atoms with van der Waals surface area (Å²) in [5.74, 6) is -0.287. The number of amides is 1. The Morgan fingerprint density at radius 3 is 2.38 bits per heavy atom. The molecule has 1 saturated heterocycles. The average Bonchev–Trinajstić information content (AvgIpc) is 2.98. The van der Waals surface area contributed by atoms with E-state index in [9.17, 15) is 14.7 Å². The first-order chi connectivity index (χ1) is 13.9. The number of aliphatic hydroxyl groups is 1. The number of hydrogen-bond donors (Lipinski definition) is 1. The van der Waals surface area contributed by atoms with Crippen LogP contribution in [0.2, 0.25) is 0 Å². The lowest BCUT2D eigenvalue weighted by atomic mass is 9.94. The third-order valence-electron chi connectivity index (χ3n) is 5.11. The summed E-state index contributed by atoms with van der Waals surface area (Å²) < 4.78 is 10.7. The van der Waals surface area contributed by atoms with Crippen LogP contribution in [0.15, 0.2) is 48.0 Å². The van der Waals surface area contributed by atoms with Gasteiger partial charge in [0.1, 0.15) is 17.3 Å². The van der Waals surface area contributed by atoms with Crippen LogP contribution >= 0.6 is 0 Å². The Morgan fingerprint density at radius 2 is 1.76 bits per heavy atom. The maximum absolute atomic E-state index is 12.9. The number of para-hydroxylation sites is 1. The minimum atomic E-state index is -0.714. The number of ketones is 1. The van der Waals surface area contributed by atoms with Gasteiger partial charge in [-0.1, -0.05) is 25.1 Å². The number of aryl methyl sites for hydroxylation is 1. The fourth-order valence-electron chi connectivity index (χ4n) is 3.75. The highest BCUT2D eigenvalue weighted by Gasteiger charge is 2.46. The van der Waals surface area contributed by atoms with Crippen LogP contribution in [0.4, 0.5) is 0 Å². The maximum atomic E-state index is 12.9. The van der Waals surface area contributed by atoms with E-state index in [0.29, 0.717) is 35.6 Å². The van der Waals surface area contributed by atoms with Gasteiger partial charge in [-0.2, -0.15) is 0 Å². The Labute approximate surface area is 170 Å². The van der Waals surface area contributed by atoms with Crippen LogP contribution in [0.25, 0.3) is 5.76 Å². The molecule has 1 aliphatic rings. The SMILES string of the molecule is CCCN1C(=O)C(=O)/C(=C(/O)c2ccc(OC)c(C)c2)C1c1ccccc1OC. The molecule has 3 rings (SSSR count). The molecule has 152 valence electrons. The summed E-state index contributed by atoms with van der Waals surface area (Å²) in [5.41, 5.74) is 2.00. The number of carbonyl (C=O) groups is 2. The number of likely N-dealkylation sites (tertiary alicyclic amines) is 1. The van der Waals surface area contributed by atoms with Crippen LogP contribution < -0.4 is 9.47 Å². The minimum Gasteiger partial charge on any atom is -0.507 e. The molecule has 0 aliphatic carbocycles. The van der Waals surface area contributed by atoms with Crippen LogP contribution in [0.1, 0.15) is 36.1 Å². The third-order valence-corrected chi connectivity index (χ3v) is 5.11. The van der Waals surface area contributed by atoms with Crippen molar-refractivity contribution in [2.24, 2.45) is 0 Å². The van der Waals surface area contributed by atoms with Gasteiger partial charge in [-0.25, -0.2) is 0 Å². The van der Waals surface area contributed by atoms with E-state index >= 15 is 0 Å². The summed E-state index contributed by atoms with van der Waals surface area (Å²) in [7, 11) is 3.11. The van der Waals surface area contributed by atoms with Gasteiger partial charge in [-0.05, 0) is 43.2 Å². The van der Waals surface area contributed by atoms with Crippen LogP contribution in [-0.4, -0.2) is 42.5 Å². The Hall–Kier alpha value is -3.28. The average molecular weight is 395 g/mol. The van der Waals surface area contributed by atoms with Gasteiger partial charge in [0, 0.05) is 17.7 Å². The molecular weight excluding hydrogens is 370 g/mol. The second-order valence-corrected chi connectivity index (χ2v) is 6.92. The molecule has 6 heteroatoms. The lowest BCUT2D eigenvalue weighted by molar-refractivity contribution is -0.139. The monoisotopic (exact) mass is 395 g/mol.